The van der Waals surface area contributed by atoms with Gasteiger partial charge < -0.3 is 9.13 Å². The number of benzene rings is 14. The predicted molar refractivity (Wildman–Crippen MR) is 400 cm³/mol. The Morgan fingerprint density at radius 1 is 0.255 bits per heavy atom. The molecule has 14 aromatic carbocycles. The number of nitriles is 1. The van der Waals surface area contributed by atoms with Crippen LogP contribution >= 0.6 is 0 Å². The van der Waals surface area contributed by atoms with Crippen LogP contribution in [0.5, 0.6) is 0 Å². The van der Waals surface area contributed by atoms with Crippen LogP contribution in [0.15, 0.2) is 328 Å². The van der Waals surface area contributed by atoms with E-state index in [4.69, 9.17) is 28.1 Å². The first-order valence-electron chi connectivity index (χ1n) is 32.4. The Hall–Kier alpha value is -13.8. The summed E-state index contributed by atoms with van der Waals surface area (Å²) in [5.41, 5.74) is 23.7. The molecule has 0 unspecified atom stereocenters. The lowest BCUT2D eigenvalue weighted by Gasteiger charge is -2.18. The molecule has 0 saturated carbocycles. The van der Waals surface area contributed by atoms with Gasteiger partial charge in [0.05, 0.1) is 58.2 Å². The van der Waals surface area contributed by atoms with Gasteiger partial charge in [-0.2, -0.15) is 5.26 Å². The maximum absolute atomic E-state index is 10.3. The molecule has 0 amide bonds. The van der Waals surface area contributed by atoms with E-state index < -0.39 is 0 Å². The highest BCUT2D eigenvalue weighted by molar-refractivity contribution is 6.14. The molecule has 3 aromatic heterocycles. The quantitative estimate of drug-likeness (QED) is 0.114. The first kappa shape index (κ1) is 58.0. The molecule has 8 heteroatoms. The molecule has 0 radical (unpaired) electrons. The summed E-state index contributed by atoms with van der Waals surface area (Å²) in [6, 6.07) is 116. The summed E-state index contributed by atoms with van der Waals surface area (Å²) in [5.74, 6) is 1.27. The molecule has 0 atom stereocenters. The van der Waals surface area contributed by atoms with Crippen molar-refractivity contribution in [2.75, 3.05) is 0 Å². The maximum Gasteiger partial charge on any atom is 0.187 e. The Kier molecular flexibility index (Phi) is 14.5. The Labute approximate surface area is 566 Å². The first-order chi connectivity index (χ1) is 48.4. The average molecular weight is 1250 g/mol. The van der Waals surface area contributed by atoms with E-state index in [9.17, 15) is 5.26 Å². The molecule has 0 bridgehead atoms. The molecule has 0 N–H and O–H groups in total. The zero-order valence-corrected chi connectivity index (χ0v) is 52.8. The number of rotatable bonds is 12. The van der Waals surface area contributed by atoms with Crippen molar-refractivity contribution in [3.63, 3.8) is 0 Å². The van der Waals surface area contributed by atoms with Crippen LogP contribution in [0.1, 0.15) is 5.56 Å². The third-order valence-corrected chi connectivity index (χ3v) is 18.6. The molecule has 17 rings (SSSR count). The van der Waals surface area contributed by atoms with Crippen molar-refractivity contribution >= 4 is 55.0 Å². The lowest BCUT2D eigenvalue weighted by molar-refractivity contribution is 1.06. The minimum absolute atomic E-state index is 0.414. The van der Waals surface area contributed by atoms with Crippen molar-refractivity contribution in [3.05, 3.63) is 356 Å². The zero-order valence-electron chi connectivity index (χ0n) is 52.8. The first-order valence-corrected chi connectivity index (χ1v) is 32.4. The molecule has 98 heavy (non-hydrogen) atoms. The highest BCUT2D eigenvalue weighted by atomic mass is 15.1. The summed E-state index contributed by atoms with van der Waals surface area (Å²) >= 11 is 0. The normalized spacial score (nSPS) is 11.2. The Balaban J connectivity index is 0.963. The van der Waals surface area contributed by atoms with Crippen LogP contribution in [0, 0.1) is 24.5 Å². The molecule has 3 heterocycles. The highest BCUT2D eigenvalue weighted by Gasteiger charge is 2.25. The third-order valence-electron chi connectivity index (χ3n) is 18.6. The minimum Gasteiger partial charge on any atom is -0.308 e. The molecule has 8 nitrogen and oxygen atoms in total. The van der Waals surface area contributed by atoms with E-state index in [1.54, 1.807) is 0 Å². The van der Waals surface area contributed by atoms with Gasteiger partial charge in [-0.15, -0.1) is 0 Å². The van der Waals surface area contributed by atoms with E-state index >= 15 is 0 Å². The van der Waals surface area contributed by atoms with Crippen molar-refractivity contribution in [1.82, 2.24) is 24.1 Å². The van der Waals surface area contributed by atoms with Crippen LogP contribution in [0.3, 0.4) is 0 Å². The summed E-state index contributed by atoms with van der Waals surface area (Å²) in [7, 11) is 0. The Bertz CT molecular complexity index is 5610. The second kappa shape index (κ2) is 24.6. The van der Waals surface area contributed by atoms with Gasteiger partial charge in [0.1, 0.15) is 0 Å². The molecule has 0 saturated heterocycles. The van der Waals surface area contributed by atoms with Gasteiger partial charge in [-0.3, -0.25) is 0 Å². The topological polar surface area (TPSA) is 81.0 Å². The van der Waals surface area contributed by atoms with E-state index in [-0.39, 0.29) is 0 Å². The van der Waals surface area contributed by atoms with Gasteiger partial charge in [-0.1, -0.05) is 231 Å². The second-order valence-electron chi connectivity index (χ2n) is 24.4. The van der Waals surface area contributed by atoms with E-state index in [2.05, 4.69) is 243 Å². The minimum atomic E-state index is 0.414. The van der Waals surface area contributed by atoms with Crippen LogP contribution < -0.4 is 0 Å². The number of hydrogen-bond donors (Lipinski definition) is 0. The largest absolute Gasteiger partial charge is 0.308 e. The molecule has 0 aliphatic carbocycles. The molecular weight excluding hydrogens is 1190 g/mol. The van der Waals surface area contributed by atoms with Crippen molar-refractivity contribution in [2.45, 2.75) is 0 Å². The highest BCUT2D eigenvalue weighted by Crippen LogP contribution is 2.45. The van der Waals surface area contributed by atoms with Gasteiger partial charge in [0, 0.05) is 38.2 Å². The van der Waals surface area contributed by atoms with Gasteiger partial charge >= 0.3 is 0 Å². The fourth-order valence-corrected chi connectivity index (χ4v) is 13.8. The summed E-state index contributed by atoms with van der Waals surface area (Å²) in [6.07, 6.45) is 0. The van der Waals surface area contributed by atoms with Crippen LogP contribution in [0.2, 0.25) is 0 Å². The zero-order chi connectivity index (χ0) is 65.6. The SMILES string of the molecule is [C-]#[N+]c1cccc(-c2ccc(-c3nc(-c4cc(-c5cccc(C#N)c5)ccc4-n4c5ccc(-c6ccccc6)cc5c5cc(-c6ccccc6)ccc54)nc(-c4cc(-c5cccc([N+]#[C-])c5)ccc4-n4c5ccc(-c6ccccc6)cc5c5cc(-c6ccccc6)ccc54)n3)cc2)c1. The summed E-state index contributed by atoms with van der Waals surface area (Å²) in [5, 5.41) is 14.6. The fraction of sp³-hybridized carbons (Fsp3) is 0. The number of aromatic nitrogens is 5. The third kappa shape index (κ3) is 10.6. The van der Waals surface area contributed by atoms with Crippen LogP contribution in [-0.2, 0) is 0 Å². The van der Waals surface area contributed by atoms with Gasteiger partial charge in [-0.25, -0.2) is 24.6 Å². The molecule has 0 aliphatic heterocycles. The van der Waals surface area contributed by atoms with E-state index in [0.717, 1.165) is 150 Å². The van der Waals surface area contributed by atoms with Crippen molar-refractivity contribution in [1.29, 1.82) is 5.26 Å². The Morgan fingerprint density at radius 2 is 0.541 bits per heavy atom. The lowest BCUT2D eigenvalue weighted by Crippen LogP contribution is -2.06. The number of nitrogens with zero attached hydrogens (tertiary/aromatic N) is 8. The predicted octanol–water partition coefficient (Wildman–Crippen LogP) is 23.7. The molecule has 0 fully saturated rings. The fourth-order valence-electron chi connectivity index (χ4n) is 13.8. The van der Waals surface area contributed by atoms with E-state index in [1.165, 1.54) is 0 Å². The van der Waals surface area contributed by atoms with Crippen molar-refractivity contribution < 1.29 is 0 Å². The van der Waals surface area contributed by atoms with Crippen LogP contribution in [-0.4, -0.2) is 24.1 Å². The molecule has 454 valence electrons. The van der Waals surface area contributed by atoms with Gasteiger partial charge in [0.2, 0.25) is 0 Å². The smallest absolute Gasteiger partial charge is 0.187 e. The monoisotopic (exact) mass is 1250 g/mol. The molecule has 17 aromatic rings. The van der Waals surface area contributed by atoms with Crippen LogP contribution in [0.25, 0.3) is 177 Å². The van der Waals surface area contributed by atoms with Crippen molar-refractivity contribution in [2.24, 2.45) is 0 Å². The second-order valence-corrected chi connectivity index (χ2v) is 24.4. The summed E-state index contributed by atoms with van der Waals surface area (Å²) in [4.78, 5) is 24.7. The summed E-state index contributed by atoms with van der Waals surface area (Å²) in [6.45, 7) is 15.9. The number of hydrogen-bond acceptors (Lipinski definition) is 4. The molecular formula is C90H54N8. The average Bonchev–Trinajstić information content (AvgIpc) is 1.56. The van der Waals surface area contributed by atoms with Crippen molar-refractivity contribution in [3.8, 4) is 129 Å². The van der Waals surface area contributed by atoms with Crippen LogP contribution in [0.4, 0.5) is 11.4 Å². The van der Waals surface area contributed by atoms with E-state index in [0.29, 0.717) is 34.4 Å². The summed E-state index contributed by atoms with van der Waals surface area (Å²) < 4.78 is 4.69. The van der Waals surface area contributed by atoms with Gasteiger partial charge in [0.15, 0.2) is 28.8 Å². The standard InChI is InChI=1S/C90H54N8/c1-92-74-30-16-28-66(49-74)63-32-34-64(35-33-63)88-94-89(80-55-72(65-27-15-18-58(48-65)57-91)40-46-86(80)97-82-42-36-68(59-19-7-3-8-20-59)51-76(82)77-52-69(37-43-83(77)97)60-21-9-4-10-22-60)96-90(95-88)81-56-73(67-29-17-31-75(50-67)93-2)41-47-87(81)98-84-44-38-70(61-23-11-5-12-24-61)53-78(84)79-54-71(39-45-85(79)98)62-25-13-6-14-26-62/h3-56H. The van der Waals surface area contributed by atoms with Gasteiger partial charge in [-0.05, 0) is 175 Å². The molecule has 0 aliphatic rings. The Morgan fingerprint density at radius 3 is 0.918 bits per heavy atom. The van der Waals surface area contributed by atoms with E-state index in [1.807, 2.05) is 109 Å². The van der Waals surface area contributed by atoms with Gasteiger partial charge in [0.25, 0.3) is 0 Å². The lowest BCUT2D eigenvalue weighted by atomic mass is 9.99. The molecule has 0 spiro atoms. The number of fused-ring (bicyclic) bond motifs is 6. The maximum atomic E-state index is 10.3.